The molecule has 7 heteroatoms. The number of hydrogen-bond acceptors (Lipinski definition) is 5. The van der Waals surface area contributed by atoms with Gasteiger partial charge in [0, 0.05) is 31.8 Å². The number of piperazine rings is 1. The van der Waals surface area contributed by atoms with Gasteiger partial charge in [-0.15, -0.1) is 0 Å². The number of anilines is 1. The molecular weight excluding hydrogens is 421 g/mol. The summed E-state index contributed by atoms with van der Waals surface area (Å²) in [4.78, 5) is 29.3. The summed E-state index contributed by atoms with van der Waals surface area (Å²) in [7, 11) is 0. The van der Waals surface area contributed by atoms with Crippen molar-refractivity contribution in [3.63, 3.8) is 0 Å². The minimum atomic E-state index is -1.15. The fraction of sp³-hybridized carbons (Fsp3) is 0.615. The maximum absolute atomic E-state index is 14.2. The van der Waals surface area contributed by atoms with Gasteiger partial charge in [0.1, 0.15) is 5.82 Å². The molecule has 33 heavy (non-hydrogen) atoms. The Morgan fingerprint density at radius 3 is 2.55 bits per heavy atom. The van der Waals surface area contributed by atoms with E-state index in [-0.39, 0.29) is 11.8 Å². The Labute approximate surface area is 195 Å². The Morgan fingerprint density at radius 1 is 1.18 bits per heavy atom. The second-order valence-corrected chi connectivity index (χ2v) is 9.89. The van der Waals surface area contributed by atoms with Crippen molar-refractivity contribution >= 4 is 17.6 Å². The van der Waals surface area contributed by atoms with Gasteiger partial charge in [-0.2, -0.15) is 0 Å². The first kappa shape index (κ1) is 23.7. The van der Waals surface area contributed by atoms with Gasteiger partial charge in [-0.1, -0.05) is 12.1 Å². The number of carbonyl (C=O) groups excluding carboxylic acids is 2. The molecule has 0 unspecified atom stereocenters. The van der Waals surface area contributed by atoms with E-state index in [1.54, 1.807) is 12.1 Å². The van der Waals surface area contributed by atoms with Crippen molar-refractivity contribution in [2.24, 2.45) is 11.7 Å². The van der Waals surface area contributed by atoms with Gasteiger partial charge < -0.3 is 15.4 Å². The number of nitrogens with zero attached hydrogens (tertiary/aromatic N) is 2. The Bertz CT molecular complexity index is 900. The van der Waals surface area contributed by atoms with Crippen LogP contribution in [0.15, 0.2) is 29.8 Å². The van der Waals surface area contributed by atoms with Gasteiger partial charge in [-0.05, 0) is 88.4 Å². The van der Waals surface area contributed by atoms with E-state index in [9.17, 15) is 14.0 Å². The van der Waals surface area contributed by atoms with Gasteiger partial charge >= 0.3 is 5.97 Å². The minimum absolute atomic E-state index is 0.154. The Hall–Kier alpha value is -2.41. The number of nitrogens with two attached hydrogens (primary N) is 1. The van der Waals surface area contributed by atoms with Crippen molar-refractivity contribution in [2.45, 2.75) is 63.9 Å². The summed E-state index contributed by atoms with van der Waals surface area (Å²) in [6, 6.07) is 5.28. The predicted octanol–water partition coefficient (Wildman–Crippen LogP) is 3.71. The van der Waals surface area contributed by atoms with Crippen LogP contribution in [0.4, 0.5) is 10.1 Å². The third-order valence-corrected chi connectivity index (χ3v) is 7.62. The average molecular weight is 458 g/mol. The molecule has 3 aliphatic rings. The van der Waals surface area contributed by atoms with E-state index >= 15 is 0 Å². The highest BCUT2D eigenvalue weighted by Gasteiger charge is 2.44. The first-order chi connectivity index (χ1) is 15.9. The highest BCUT2D eigenvalue weighted by atomic mass is 19.1. The molecule has 0 bridgehead atoms. The van der Waals surface area contributed by atoms with Gasteiger partial charge in [-0.3, -0.25) is 9.69 Å². The molecule has 1 amide bonds. The van der Waals surface area contributed by atoms with Crippen molar-refractivity contribution in [3.05, 3.63) is 41.2 Å². The topological polar surface area (TPSA) is 75.9 Å². The van der Waals surface area contributed by atoms with Crippen LogP contribution in [0.25, 0.3) is 0 Å². The molecule has 1 saturated carbocycles. The van der Waals surface area contributed by atoms with Crippen LogP contribution in [0.2, 0.25) is 0 Å². The van der Waals surface area contributed by atoms with Crippen LogP contribution in [-0.2, 0) is 14.3 Å². The van der Waals surface area contributed by atoms with Crippen LogP contribution in [-0.4, -0.2) is 55.1 Å². The first-order valence-corrected chi connectivity index (χ1v) is 12.3. The lowest BCUT2D eigenvalue weighted by Crippen LogP contribution is -2.50. The molecule has 0 atom stereocenters. The SMILES string of the molecule is Cc1ccc(F)c(N2CCN(CCC3CCC(OC(=O)C4=CCCC4)(C(N)=O)CC3)CC2)c1. The highest BCUT2D eigenvalue weighted by molar-refractivity contribution is 5.93. The zero-order valence-corrected chi connectivity index (χ0v) is 19.7. The molecule has 180 valence electrons. The maximum Gasteiger partial charge on any atom is 0.334 e. The average Bonchev–Trinajstić information content (AvgIpc) is 3.36. The van der Waals surface area contributed by atoms with Crippen LogP contribution in [0.1, 0.15) is 56.9 Å². The monoisotopic (exact) mass is 457 g/mol. The number of carbonyl (C=O) groups is 2. The lowest BCUT2D eigenvalue weighted by molar-refractivity contribution is -0.168. The van der Waals surface area contributed by atoms with Crippen LogP contribution in [0.3, 0.4) is 0 Å². The number of amides is 1. The van der Waals surface area contributed by atoms with E-state index in [1.165, 1.54) is 0 Å². The number of halogens is 1. The Morgan fingerprint density at radius 2 is 1.91 bits per heavy atom. The Kier molecular flexibility index (Phi) is 7.37. The van der Waals surface area contributed by atoms with Crippen LogP contribution < -0.4 is 10.6 Å². The van der Waals surface area contributed by atoms with Gasteiger partial charge in [0.25, 0.3) is 5.91 Å². The van der Waals surface area contributed by atoms with E-state index in [2.05, 4.69) is 9.80 Å². The van der Waals surface area contributed by atoms with E-state index in [0.717, 1.165) is 76.8 Å². The molecule has 1 heterocycles. The largest absolute Gasteiger partial charge is 0.446 e. The van der Waals surface area contributed by atoms with E-state index in [1.807, 2.05) is 19.1 Å². The summed E-state index contributed by atoms with van der Waals surface area (Å²) in [5.74, 6) is -0.548. The fourth-order valence-corrected chi connectivity index (χ4v) is 5.37. The van der Waals surface area contributed by atoms with Crippen molar-refractivity contribution in [1.29, 1.82) is 0 Å². The molecular formula is C26H36FN3O3. The highest BCUT2D eigenvalue weighted by Crippen LogP contribution is 2.37. The number of hydrogen-bond donors (Lipinski definition) is 1. The molecule has 1 aromatic rings. The molecule has 1 saturated heterocycles. The van der Waals surface area contributed by atoms with Crippen LogP contribution in [0.5, 0.6) is 0 Å². The minimum Gasteiger partial charge on any atom is -0.446 e. The third kappa shape index (κ3) is 5.57. The molecule has 0 radical (unpaired) electrons. The number of primary amides is 1. The van der Waals surface area contributed by atoms with Crippen molar-refractivity contribution in [2.75, 3.05) is 37.6 Å². The summed E-state index contributed by atoms with van der Waals surface area (Å²) in [6.45, 7) is 6.45. The normalized spacial score (nSPS) is 26.2. The van der Waals surface area contributed by atoms with Gasteiger partial charge in [0.2, 0.25) is 0 Å². The van der Waals surface area contributed by atoms with E-state index < -0.39 is 11.5 Å². The fourth-order valence-electron chi connectivity index (χ4n) is 5.37. The Balaban J connectivity index is 1.23. The lowest BCUT2D eigenvalue weighted by atomic mass is 9.77. The summed E-state index contributed by atoms with van der Waals surface area (Å²) >= 11 is 0. The molecule has 1 aliphatic heterocycles. The molecule has 1 aromatic carbocycles. The van der Waals surface area contributed by atoms with Crippen molar-refractivity contribution in [1.82, 2.24) is 4.90 Å². The number of allylic oxidation sites excluding steroid dienone is 1. The van der Waals surface area contributed by atoms with E-state index in [0.29, 0.717) is 30.0 Å². The van der Waals surface area contributed by atoms with Crippen molar-refractivity contribution < 1.29 is 18.7 Å². The first-order valence-electron chi connectivity index (χ1n) is 12.3. The van der Waals surface area contributed by atoms with Gasteiger partial charge in [0.15, 0.2) is 5.60 Å². The number of rotatable bonds is 7. The number of esters is 1. The van der Waals surface area contributed by atoms with Crippen LogP contribution >= 0.6 is 0 Å². The summed E-state index contributed by atoms with van der Waals surface area (Å²) in [6.07, 6.45) is 8.23. The zero-order chi connectivity index (χ0) is 23.4. The molecule has 6 nitrogen and oxygen atoms in total. The van der Waals surface area contributed by atoms with Gasteiger partial charge in [0.05, 0.1) is 5.69 Å². The standard InChI is InChI=1S/C26H36FN3O3/c1-19-6-7-22(27)23(18-19)30-16-14-29(15-17-30)13-10-20-8-11-26(12-9-20,25(28)32)33-24(31)21-4-2-3-5-21/h4,6-7,18,20H,2-3,5,8-17H2,1H3,(H2,28,32). The number of ether oxygens (including phenoxy) is 1. The smallest absolute Gasteiger partial charge is 0.334 e. The second-order valence-electron chi connectivity index (χ2n) is 9.89. The quantitative estimate of drug-likeness (QED) is 0.632. The molecule has 0 spiro atoms. The summed E-state index contributed by atoms with van der Waals surface area (Å²) in [5, 5.41) is 0. The maximum atomic E-state index is 14.2. The molecule has 4 rings (SSSR count). The zero-order valence-electron chi connectivity index (χ0n) is 19.7. The third-order valence-electron chi connectivity index (χ3n) is 7.62. The molecule has 2 aliphatic carbocycles. The predicted molar refractivity (Wildman–Crippen MR) is 126 cm³/mol. The summed E-state index contributed by atoms with van der Waals surface area (Å²) < 4.78 is 19.9. The number of aryl methyl sites for hydroxylation is 1. The lowest BCUT2D eigenvalue weighted by Gasteiger charge is -2.39. The molecule has 2 N–H and O–H groups in total. The van der Waals surface area contributed by atoms with E-state index in [4.69, 9.17) is 10.5 Å². The van der Waals surface area contributed by atoms with Gasteiger partial charge in [-0.25, -0.2) is 9.18 Å². The number of benzene rings is 1. The second kappa shape index (κ2) is 10.2. The molecule has 2 fully saturated rings. The van der Waals surface area contributed by atoms with Crippen molar-refractivity contribution in [3.8, 4) is 0 Å². The summed E-state index contributed by atoms with van der Waals surface area (Å²) in [5.41, 5.74) is 7.00. The molecule has 0 aromatic heterocycles. The van der Waals surface area contributed by atoms with Crippen LogP contribution in [0, 0.1) is 18.7 Å².